The molecule has 0 spiro atoms. The Labute approximate surface area is 149 Å². The van der Waals surface area contributed by atoms with Crippen molar-refractivity contribution in [1.29, 1.82) is 0 Å². The van der Waals surface area contributed by atoms with E-state index in [-0.39, 0.29) is 6.04 Å². The fraction of sp³-hybridized carbons (Fsp3) is 0.333. The highest BCUT2D eigenvalue weighted by molar-refractivity contribution is 7.12. The standard InChI is InChI=1S/C18H17ClN2O2S/c1-10(15-5-6-16(24-15)11-3-4-11)21-17-12(9-20-21)7-13(19)8-14(17)18(22)23-2/h5-11H,3-4H2,1-2H3. The highest BCUT2D eigenvalue weighted by atomic mass is 35.5. The second-order valence-corrected chi connectivity index (χ2v) is 7.75. The van der Waals surface area contributed by atoms with Gasteiger partial charge in [0, 0.05) is 20.2 Å². The number of benzene rings is 1. The van der Waals surface area contributed by atoms with Gasteiger partial charge in [-0.15, -0.1) is 11.3 Å². The molecule has 4 rings (SSSR count). The van der Waals surface area contributed by atoms with Crippen LogP contribution in [0.2, 0.25) is 5.02 Å². The highest BCUT2D eigenvalue weighted by Gasteiger charge is 2.26. The zero-order chi connectivity index (χ0) is 16.8. The maximum Gasteiger partial charge on any atom is 0.340 e. The monoisotopic (exact) mass is 360 g/mol. The van der Waals surface area contributed by atoms with Crippen LogP contribution in [0.15, 0.2) is 30.5 Å². The van der Waals surface area contributed by atoms with Gasteiger partial charge in [-0.3, -0.25) is 4.68 Å². The van der Waals surface area contributed by atoms with Crippen molar-refractivity contribution in [3.05, 3.63) is 50.8 Å². The van der Waals surface area contributed by atoms with Crippen molar-refractivity contribution in [3.8, 4) is 0 Å². The molecule has 0 amide bonds. The molecule has 0 aliphatic heterocycles. The SMILES string of the molecule is COC(=O)c1cc(Cl)cc2cnn(C(C)c3ccc(C4CC4)s3)c12. The second-order valence-electron chi connectivity index (χ2n) is 6.16. The lowest BCUT2D eigenvalue weighted by atomic mass is 10.1. The molecule has 1 fully saturated rings. The summed E-state index contributed by atoms with van der Waals surface area (Å²) in [7, 11) is 1.38. The van der Waals surface area contributed by atoms with E-state index >= 15 is 0 Å². The number of fused-ring (bicyclic) bond motifs is 1. The van der Waals surface area contributed by atoms with Crippen LogP contribution in [0, 0.1) is 0 Å². The Bertz CT molecular complexity index is 926. The Morgan fingerprint density at radius 2 is 2.21 bits per heavy atom. The van der Waals surface area contributed by atoms with Crippen LogP contribution < -0.4 is 0 Å². The van der Waals surface area contributed by atoms with Gasteiger partial charge in [-0.05, 0) is 49.9 Å². The molecule has 0 saturated heterocycles. The minimum atomic E-state index is -0.402. The zero-order valence-corrected chi connectivity index (χ0v) is 15.0. The molecule has 3 aromatic rings. The minimum absolute atomic E-state index is 0.0459. The van der Waals surface area contributed by atoms with Gasteiger partial charge in [-0.2, -0.15) is 5.10 Å². The molecule has 24 heavy (non-hydrogen) atoms. The van der Waals surface area contributed by atoms with E-state index in [2.05, 4.69) is 24.2 Å². The third-order valence-electron chi connectivity index (χ3n) is 4.47. The first-order valence-electron chi connectivity index (χ1n) is 7.93. The van der Waals surface area contributed by atoms with E-state index < -0.39 is 5.97 Å². The summed E-state index contributed by atoms with van der Waals surface area (Å²) in [5, 5.41) is 5.86. The van der Waals surface area contributed by atoms with E-state index in [4.69, 9.17) is 16.3 Å². The van der Waals surface area contributed by atoms with Crippen LogP contribution in [0.3, 0.4) is 0 Å². The number of carbonyl (C=O) groups excluding carboxylic acids is 1. The van der Waals surface area contributed by atoms with Crippen LogP contribution in [0.25, 0.3) is 10.9 Å². The summed E-state index contributed by atoms with van der Waals surface area (Å²) < 4.78 is 6.81. The Morgan fingerprint density at radius 1 is 1.42 bits per heavy atom. The summed E-state index contributed by atoms with van der Waals surface area (Å²) in [5.41, 5.74) is 1.21. The van der Waals surface area contributed by atoms with Crippen LogP contribution in [0.1, 0.15) is 51.8 Å². The van der Waals surface area contributed by atoms with Gasteiger partial charge in [0.1, 0.15) is 0 Å². The molecule has 1 aliphatic rings. The lowest BCUT2D eigenvalue weighted by Gasteiger charge is -2.14. The zero-order valence-electron chi connectivity index (χ0n) is 13.5. The quantitative estimate of drug-likeness (QED) is 0.613. The number of hydrogen-bond donors (Lipinski definition) is 0. The lowest BCUT2D eigenvalue weighted by molar-refractivity contribution is 0.0602. The van der Waals surface area contributed by atoms with Gasteiger partial charge in [0.05, 0.1) is 30.4 Å². The summed E-state index contributed by atoms with van der Waals surface area (Å²) in [6.07, 6.45) is 4.34. The maximum absolute atomic E-state index is 12.2. The van der Waals surface area contributed by atoms with E-state index in [1.165, 1.54) is 29.7 Å². The van der Waals surface area contributed by atoms with Gasteiger partial charge < -0.3 is 4.74 Å². The van der Waals surface area contributed by atoms with Gasteiger partial charge in [0.15, 0.2) is 0 Å². The average Bonchev–Trinajstić information content (AvgIpc) is 3.16. The first-order chi connectivity index (χ1) is 11.6. The maximum atomic E-state index is 12.2. The summed E-state index contributed by atoms with van der Waals surface area (Å²) >= 11 is 7.97. The fourth-order valence-corrected chi connectivity index (χ4v) is 4.46. The Kier molecular flexibility index (Phi) is 3.85. The van der Waals surface area contributed by atoms with Gasteiger partial charge >= 0.3 is 5.97 Å². The van der Waals surface area contributed by atoms with Crippen LogP contribution in [0.5, 0.6) is 0 Å². The van der Waals surface area contributed by atoms with Gasteiger partial charge in [0.2, 0.25) is 0 Å². The lowest BCUT2D eigenvalue weighted by Crippen LogP contribution is -2.11. The van der Waals surface area contributed by atoms with Gasteiger partial charge in [0.25, 0.3) is 0 Å². The molecule has 1 aliphatic carbocycles. The molecule has 1 aromatic carbocycles. The number of thiophene rings is 1. The summed E-state index contributed by atoms with van der Waals surface area (Å²) in [4.78, 5) is 14.9. The molecule has 124 valence electrons. The molecule has 2 aromatic heterocycles. The topological polar surface area (TPSA) is 44.1 Å². The molecular formula is C18H17ClN2O2S. The number of ether oxygens (including phenoxy) is 1. The smallest absolute Gasteiger partial charge is 0.340 e. The van der Waals surface area contributed by atoms with Crippen LogP contribution >= 0.6 is 22.9 Å². The molecule has 1 saturated carbocycles. The van der Waals surface area contributed by atoms with Crippen molar-refractivity contribution in [3.63, 3.8) is 0 Å². The van der Waals surface area contributed by atoms with Crippen molar-refractivity contribution >= 4 is 39.8 Å². The summed E-state index contributed by atoms with van der Waals surface area (Å²) in [6, 6.07) is 7.90. The van der Waals surface area contributed by atoms with E-state index in [0.717, 1.165) is 16.8 Å². The number of rotatable bonds is 4. The third-order valence-corrected chi connectivity index (χ3v) is 6.10. The fourth-order valence-electron chi connectivity index (χ4n) is 3.02. The largest absolute Gasteiger partial charge is 0.465 e. The number of nitrogens with zero attached hydrogens (tertiary/aromatic N) is 2. The van der Waals surface area contributed by atoms with E-state index in [9.17, 15) is 4.79 Å². The number of methoxy groups -OCH3 is 1. The Hall–Kier alpha value is -1.85. The molecule has 0 N–H and O–H groups in total. The number of hydrogen-bond acceptors (Lipinski definition) is 4. The molecular weight excluding hydrogens is 344 g/mol. The number of aromatic nitrogens is 2. The molecule has 4 nitrogen and oxygen atoms in total. The number of esters is 1. The molecule has 1 atom stereocenters. The molecule has 0 radical (unpaired) electrons. The Balaban J connectivity index is 1.81. The van der Waals surface area contributed by atoms with Crippen molar-refractivity contribution < 1.29 is 9.53 Å². The second kappa shape index (κ2) is 5.90. The molecule has 0 bridgehead atoms. The van der Waals surface area contributed by atoms with Crippen molar-refractivity contribution in [1.82, 2.24) is 9.78 Å². The molecule has 6 heteroatoms. The third kappa shape index (κ3) is 2.62. The van der Waals surface area contributed by atoms with Crippen molar-refractivity contribution in [2.45, 2.75) is 31.7 Å². The van der Waals surface area contributed by atoms with Crippen LogP contribution in [0.4, 0.5) is 0 Å². The van der Waals surface area contributed by atoms with E-state index in [0.29, 0.717) is 10.6 Å². The summed E-state index contributed by atoms with van der Waals surface area (Å²) in [5.74, 6) is 0.344. The normalized spacial score (nSPS) is 15.6. The first kappa shape index (κ1) is 15.7. The van der Waals surface area contributed by atoms with E-state index in [1.807, 2.05) is 22.1 Å². The number of halogens is 1. The molecule has 2 heterocycles. The van der Waals surface area contributed by atoms with Gasteiger partial charge in [-0.25, -0.2) is 4.79 Å². The summed E-state index contributed by atoms with van der Waals surface area (Å²) in [6.45, 7) is 2.10. The van der Waals surface area contributed by atoms with Crippen LogP contribution in [-0.4, -0.2) is 22.9 Å². The van der Waals surface area contributed by atoms with Gasteiger partial charge in [-0.1, -0.05) is 11.6 Å². The average molecular weight is 361 g/mol. The molecule has 1 unspecified atom stereocenters. The predicted octanol–water partition coefficient (Wildman–Crippen LogP) is 5.02. The minimum Gasteiger partial charge on any atom is -0.465 e. The van der Waals surface area contributed by atoms with Crippen molar-refractivity contribution in [2.75, 3.05) is 7.11 Å². The first-order valence-corrected chi connectivity index (χ1v) is 9.12. The van der Waals surface area contributed by atoms with Crippen LogP contribution in [-0.2, 0) is 4.74 Å². The van der Waals surface area contributed by atoms with Crippen molar-refractivity contribution in [2.24, 2.45) is 0 Å². The highest BCUT2D eigenvalue weighted by Crippen LogP contribution is 2.44. The number of carbonyl (C=O) groups is 1. The van der Waals surface area contributed by atoms with E-state index in [1.54, 1.807) is 12.3 Å². The Morgan fingerprint density at radius 3 is 2.92 bits per heavy atom. The predicted molar refractivity (Wildman–Crippen MR) is 96.2 cm³/mol.